The van der Waals surface area contributed by atoms with Crippen molar-refractivity contribution in [3.05, 3.63) is 60.1 Å². The van der Waals surface area contributed by atoms with Crippen LogP contribution in [0.25, 0.3) is 11.5 Å². The van der Waals surface area contributed by atoms with Crippen LogP contribution in [0.5, 0.6) is 0 Å². The summed E-state index contributed by atoms with van der Waals surface area (Å²) in [5.74, 6) is -1.97. The Morgan fingerprint density at radius 3 is 2.43 bits per heavy atom. The molecule has 3 aromatic rings. The number of alkyl halides is 3. The topological polar surface area (TPSA) is 71.3 Å². The maximum Gasteiger partial charge on any atom is 0.452 e. The third-order valence-electron chi connectivity index (χ3n) is 4.31. The van der Waals surface area contributed by atoms with Crippen LogP contribution in [0.4, 0.5) is 24.7 Å². The maximum atomic E-state index is 13.3. The van der Waals surface area contributed by atoms with Crippen molar-refractivity contribution in [2.45, 2.75) is 12.6 Å². The molecular weight excluding hydrogens is 373 g/mol. The van der Waals surface area contributed by atoms with E-state index < -0.39 is 23.5 Å². The molecule has 1 fully saturated rings. The number of anilines is 2. The number of aromatic nitrogens is 2. The highest BCUT2D eigenvalue weighted by Gasteiger charge is 2.42. The Morgan fingerprint density at radius 1 is 1.11 bits per heavy atom. The molecule has 0 saturated carbocycles. The Hall–Kier alpha value is -3.36. The standard InChI is InChI=1S/C19H15F3N4O2/c20-19(21,22)16-15(25-18(28-16)12-5-2-1-3-6-12)17(27)24-13-7-8-14(23-11-13)26-9-4-10-26/h1-3,5-8,11H,4,9-10H2,(H,24,27). The fourth-order valence-electron chi connectivity index (χ4n) is 2.75. The molecule has 0 aliphatic carbocycles. The maximum absolute atomic E-state index is 13.3. The number of nitrogens with one attached hydrogen (secondary N) is 1. The van der Waals surface area contributed by atoms with E-state index in [-0.39, 0.29) is 11.6 Å². The van der Waals surface area contributed by atoms with Crippen molar-refractivity contribution in [1.82, 2.24) is 9.97 Å². The number of carbonyl (C=O) groups excluding carboxylic acids is 1. The van der Waals surface area contributed by atoms with Gasteiger partial charge in [0.15, 0.2) is 5.69 Å². The van der Waals surface area contributed by atoms with Crippen molar-refractivity contribution in [3.8, 4) is 11.5 Å². The molecule has 0 atom stereocenters. The molecule has 9 heteroatoms. The minimum Gasteiger partial charge on any atom is -0.431 e. The Kier molecular flexibility index (Phi) is 4.50. The number of amides is 1. The van der Waals surface area contributed by atoms with Crippen LogP contribution in [0.15, 0.2) is 53.1 Å². The second kappa shape index (κ2) is 6.99. The number of benzene rings is 1. The Labute approximate surface area is 158 Å². The van der Waals surface area contributed by atoms with Gasteiger partial charge in [0.05, 0.1) is 11.9 Å². The van der Waals surface area contributed by atoms with E-state index in [9.17, 15) is 18.0 Å². The molecule has 144 valence electrons. The largest absolute Gasteiger partial charge is 0.452 e. The van der Waals surface area contributed by atoms with E-state index in [4.69, 9.17) is 4.42 Å². The molecule has 1 aromatic carbocycles. The van der Waals surface area contributed by atoms with Gasteiger partial charge < -0.3 is 14.6 Å². The molecule has 0 unspecified atom stereocenters. The molecule has 1 aliphatic rings. The number of hydrogen-bond acceptors (Lipinski definition) is 5. The molecule has 1 N–H and O–H groups in total. The van der Waals surface area contributed by atoms with Crippen molar-refractivity contribution in [2.24, 2.45) is 0 Å². The number of halogens is 3. The van der Waals surface area contributed by atoms with Crippen LogP contribution < -0.4 is 10.2 Å². The molecule has 0 radical (unpaired) electrons. The smallest absolute Gasteiger partial charge is 0.431 e. The van der Waals surface area contributed by atoms with Gasteiger partial charge in [0, 0.05) is 18.7 Å². The second-order valence-corrected chi connectivity index (χ2v) is 6.26. The molecule has 2 aromatic heterocycles. The van der Waals surface area contributed by atoms with Gasteiger partial charge in [-0.15, -0.1) is 0 Å². The first-order valence-corrected chi connectivity index (χ1v) is 8.57. The van der Waals surface area contributed by atoms with Gasteiger partial charge in [0.1, 0.15) is 5.82 Å². The molecule has 0 spiro atoms. The summed E-state index contributed by atoms with van der Waals surface area (Å²) in [6, 6.07) is 11.4. The summed E-state index contributed by atoms with van der Waals surface area (Å²) < 4.78 is 44.9. The zero-order valence-electron chi connectivity index (χ0n) is 14.5. The molecule has 6 nitrogen and oxygen atoms in total. The Morgan fingerprint density at radius 2 is 1.86 bits per heavy atom. The lowest BCUT2D eigenvalue weighted by molar-refractivity contribution is -0.153. The van der Waals surface area contributed by atoms with E-state index in [1.54, 1.807) is 42.5 Å². The normalized spacial score (nSPS) is 13.9. The van der Waals surface area contributed by atoms with E-state index in [2.05, 4.69) is 20.2 Å². The fraction of sp³-hybridized carbons (Fsp3) is 0.211. The molecule has 4 rings (SSSR count). The second-order valence-electron chi connectivity index (χ2n) is 6.26. The molecule has 3 heterocycles. The van der Waals surface area contributed by atoms with Gasteiger partial charge in [-0.05, 0) is 30.7 Å². The van der Waals surface area contributed by atoms with Gasteiger partial charge in [-0.3, -0.25) is 4.79 Å². The van der Waals surface area contributed by atoms with Crippen molar-refractivity contribution in [2.75, 3.05) is 23.3 Å². The highest BCUT2D eigenvalue weighted by Crippen LogP contribution is 2.35. The van der Waals surface area contributed by atoms with Crippen LogP contribution >= 0.6 is 0 Å². The monoisotopic (exact) mass is 388 g/mol. The van der Waals surface area contributed by atoms with E-state index in [1.807, 2.05) is 0 Å². The van der Waals surface area contributed by atoms with E-state index in [0.29, 0.717) is 5.56 Å². The van der Waals surface area contributed by atoms with E-state index >= 15 is 0 Å². The number of carbonyl (C=O) groups is 1. The zero-order valence-corrected chi connectivity index (χ0v) is 14.5. The summed E-state index contributed by atoms with van der Waals surface area (Å²) in [4.78, 5) is 22.5. The van der Waals surface area contributed by atoms with Gasteiger partial charge in [-0.2, -0.15) is 13.2 Å². The highest BCUT2D eigenvalue weighted by atomic mass is 19.4. The third kappa shape index (κ3) is 3.55. The van der Waals surface area contributed by atoms with Gasteiger partial charge in [-0.1, -0.05) is 18.2 Å². The number of pyridine rings is 1. The Balaban J connectivity index is 1.60. The fourth-order valence-corrected chi connectivity index (χ4v) is 2.75. The zero-order chi connectivity index (χ0) is 19.7. The van der Waals surface area contributed by atoms with Gasteiger partial charge in [0.25, 0.3) is 5.91 Å². The van der Waals surface area contributed by atoms with E-state index in [1.165, 1.54) is 6.20 Å². The van der Waals surface area contributed by atoms with Crippen LogP contribution in [0.2, 0.25) is 0 Å². The summed E-state index contributed by atoms with van der Waals surface area (Å²) >= 11 is 0. The van der Waals surface area contributed by atoms with Gasteiger partial charge in [-0.25, -0.2) is 9.97 Å². The lowest BCUT2D eigenvalue weighted by atomic mass is 10.2. The lowest BCUT2D eigenvalue weighted by Crippen LogP contribution is -2.37. The minimum absolute atomic E-state index is 0.270. The number of rotatable bonds is 4. The molecule has 1 aliphatic heterocycles. The molecule has 1 saturated heterocycles. The van der Waals surface area contributed by atoms with Crippen molar-refractivity contribution in [1.29, 1.82) is 0 Å². The average Bonchev–Trinajstić information content (AvgIpc) is 3.09. The SMILES string of the molecule is O=C(Nc1ccc(N2CCC2)nc1)c1nc(-c2ccccc2)oc1C(F)(F)F. The average molecular weight is 388 g/mol. The summed E-state index contributed by atoms with van der Waals surface area (Å²) in [5, 5.41) is 2.40. The predicted octanol–water partition coefficient (Wildman–Crippen LogP) is 4.22. The summed E-state index contributed by atoms with van der Waals surface area (Å²) in [5.41, 5.74) is -0.211. The van der Waals surface area contributed by atoms with Gasteiger partial charge >= 0.3 is 6.18 Å². The van der Waals surface area contributed by atoms with Gasteiger partial charge in [0.2, 0.25) is 11.7 Å². The first-order chi connectivity index (χ1) is 13.4. The van der Waals surface area contributed by atoms with Crippen LogP contribution in [-0.4, -0.2) is 29.0 Å². The predicted molar refractivity (Wildman–Crippen MR) is 96.0 cm³/mol. The van der Waals surface area contributed by atoms with Crippen molar-refractivity contribution in [3.63, 3.8) is 0 Å². The first-order valence-electron chi connectivity index (χ1n) is 8.57. The molecule has 28 heavy (non-hydrogen) atoms. The van der Waals surface area contributed by atoms with Crippen LogP contribution in [0, 0.1) is 0 Å². The molecule has 1 amide bonds. The third-order valence-corrected chi connectivity index (χ3v) is 4.31. The first kappa shape index (κ1) is 18.0. The van der Waals surface area contributed by atoms with Crippen LogP contribution in [0.1, 0.15) is 22.7 Å². The molecular formula is C19H15F3N4O2. The van der Waals surface area contributed by atoms with Crippen molar-refractivity contribution < 1.29 is 22.4 Å². The van der Waals surface area contributed by atoms with Crippen LogP contribution in [-0.2, 0) is 6.18 Å². The molecule has 0 bridgehead atoms. The number of oxazole rings is 1. The summed E-state index contributed by atoms with van der Waals surface area (Å²) in [7, 11) is 0. The highest BCUT2D eigenvalue weighted by molar-refractivity contribution is 6.04. The van der Waals surface area contributed by atoms with Crippen molar-refractivity contribution >= 4 is 17.4 Å². The number of nitrogens with zero attached hydrogens (tertiary/aromatic N) is 3. The van der Waals surface area contributed by atoms with Crippen LogP contribution in [0.3, 0.4) is 0 Å². The summed E-state index contributed by atoms with van der Waals surface area (Å²) in [6.45, 7) is 1.82. The number of hydrogen-bond donors (Lipinski definition) is 1. The summed E-state index contributed by atoms with van der Waals surface area (Å²) in [6.07, 6.45) is -2.36. The lowest BCUT2D eigenvalue weighted by Gasteiger charge is -2.31. The Bertz CT molecular complexity index is 981. The quantitative estimate of drug-likeness (QED) is 0.725. The minimum atomic E-state index is -4.85. The van der Waals surface area contributed by atoms with E-state index in [0.717, 1.165) is 25.3 Å².